The molecule has 0 radical (unpaired) electrons. The summed E-state index contributed by atoms with van der Waals surface area (Å²) in [5, 5.41) is 12.8. The SMILES string of the molecule is CCCCNC(=O)CCCCSc1nnc(-c2ccccc2)n1-c1ccc(C)cc1. The maximum atomic E-state index is 11.8. The van der Waals surface area contributed by atoms with Gasteiger partial charge in [-0.25, -0.2) is 0 Å². The van der Waals surface area contributed by atoms with Gasteiger partial charge in [-0.2, -0.15) is 0 Å². The number of nitrogens with zero attached hydrogens (tertiary/aromatic N) is 3. The Morgan fingerprint density at radius 1 is 1.00 bits per heavy atom. The standard InChI is InChI=1S/C24H30N4OS/c1-3-4-17-25-22(29)12-8-9-18-30-24-27-26-23(20-10-6-5-7-11-20)28(24)21-15-13-19(2)14-16-21/h5-7,10-11,13-16H,3-4,8-9,12,17-18H2,1-2H3,(H,25,29). The fraction of sp³-hybridized carbons (Fsp3) is 0.375. The third-order valence-corrected chi connectivity index (χ3v) is 5.85. The molecule has 158 valence electrons. The van der Waals surface area contributed by atoms with Crippen LogP contribution in [0.15, 0.2) is 59.8 Å². The van der Waals surface area contributed by atoms with E-state index in [1.807, 2.05) is 18.2 Å². The van der Waals surface area contributed by atoms with Gasteiger partial charge in [-0.1, -0.05) is 73.1 Å². The molecule has 0 atom stereocenters. The van der Waals surface area contributed by atoms with E-state index < -0.39 is 0 Å². The molecule has 0 unspecified atom stereocenters. The lowest BCUT2D eigenvalue weighted by Gasteiger charge is -2.11. The number of nitrogens with one attached hydrogen (secondary N) is 1. The number of aromatic nitrogens is 3. The highest BCUT2D eigenvalue weighted by Crippen LogP contribution is 2.28. The summed E-state index contributed by atoms with van der Waals surface area (Å²) >= 11 is 1.69. The van der Waals surface area contributed by atoms with E-state index in [0.717, 1.165) is 60.2 Å². The summed E-state index contributed by atoms with van der Waals surface area (Å²) in [4.78, 5) is 11.8. The van der Waals surface area contributed by atoms with Crippen LogP contribution in [0, 0.1) is 6.92 Å². The highest BCUT2D eigenvalue weighted by atomic mass is 32.2. The first-order valence-electron chi connectivity index (χ1n) is 10.7. The summed E-state index contributed by atoms with van der Waals surface area (Å²) in [6.45, 7) is 5.00. The number of rotatable bonds is 11. The first kappa shape index (κ1) is 22.1. The summed E-state index contributed by atoms with van der Waals surface area (Å²) in [6.07, 6.45) is 4.58. The van der Waals surface area contributed by atoms with Gasteiger partial charge < -0.3 is 5.32 Å². The second-order valence-electron chi connectivity index (χ2n) is 7.35. The lowest BCUT2D eigenvalue weighted by atomic mass is 10.2. The van der Waals surface area contributed by atoms with E-state index in [1.165, 1.54) is 5.56 Å². The average molecular weight is 423 g/mol. The molecule has 0 aliphatic heterocycles. The fourth-order valence-electron chi connectivity index (χ4n) is 3.11. The molecule has 0 saturated heterocycles. The highest BCUT2D eigenvalue weighted by Gasteiger charge is 2.16. The van der Waals surface area contributed by atoms with E-state index in [1.54, 1.807) is 11.8 Å². The Morgan fingerprint density at radius 2 is 1.77 bits per heavy atom. The first-order valence-corrected chi connectivity index (χ1v) is 11.6. The van der Waals surface area contributed by atoms with E-state index in [4.69, 9.17) is 0 Å². The normalized spacial score (nSPS) is 10.9. The summed E-state index contributed by atoms with van der Waals surface area (Å²) in [7, 11) is 0. The number of unbranched alkanes of at least 4 members (excludes halogenated alkanes) is 2. The maximum absolute atomic E-state index is 11.8. The Balaban J connectivity index is 1.64. The van der Waals surface area contributed by atoms with E-state index in [9.17, 15) is 4.79 Å². The average Bonchev–Trinajstić information content (AvgIpc) is 3.19. The quantitative estimate of drug-likeness (QED) is 0.331. The molecule has 0 fully saturated rings. The van der Waals surface area contributed by atoms with Gasteiger partial charge in [0, 0.05) is 30.0 Å². The summed E-state index contributed by atoms with van der Waals surface area (Å²) in [5.74, 6) is 1.90. The van der Waals surface area contributed by atoms with E-state index in [-0.39, 0.29) is 5.91 Å². The highest BCUT2D eigenvalue weighted by molar-refractivity contribution is 7.99. The minimum atomic E-state index is 0.155. The van der Waals surface area contributed by atoms with Crippen LogP contribution in [0.2, 0.25) is 0 Å². The third-order valence-electron chi connectivity index (χ3n) is 4.84. The molecule has 0 spiro atoms. The number of thioether (sulfide) groups is 1. The number of hydrogen-bond acceptors (Lipinski definition) is 4. The van der Waals surface area contributed by atoms with Crippen LogP contribution in [-0.2, 0) is 4.79 Å². The number of hydrogen-bond donors (Lipinski definition) is 1. The van der Waals surface area contributed by atoms with Crippen molar-refractivity contribution in [2.75, 3.05) is 12.3 Å². The van der Waals surface area contributed by atoms with Gasteiger partial charge in [0.15, 0.2) is 11.0 Å². The van der Waals surface area contributed by atoms with E-state index in [0.29, 0.717) is 6.42 Å². The Hall–Kier alpha value is -2.60. The van der Waals surface area contributed by atoms with Crippen LogP contribution in [0.3, 0.4) is 0 Å². The van der Waals surface area contributed by atoms with Crippen molar-refractivity contribution in [2.45, 2.75) is 51.1 Å². The van der Waals surface area contributed by atoms with Crippen LogP contribution in [0.4, 0.5) is 0 Å². The topological polar surface area (TPSA) is 59.8 Å². The van der Waals surface area contributed by atoms with Crippen molar-refractivity contribution in [1.29, 1.82) is 0 Å². The molecule has 6 heteroatoms. The molecule has 0 saturated carbocycles. The number of carbonyl (C=O) groups is 1. The van der Waals surface area contributed by atoms with Crippen LogP contribution < -0.4 is 5.32 Å². The van der Waals surface area contributed by atoms with Gasteiger partial charge in [0.25, 0.3) is 0 Å². The van der Waals surface area contributed by atoms with Crippen LogP contribution in [0.1, 0.15) is 44.6 Å². The van der Waals surface area contributed by atoms with Crippen LogP contribution in [-0.4, -0.2) is 33.0 Å². The number of benzene rings is 2. The number of carbonyl (C=O) groups excluding carboxylic acids is 1. The molecule has 30 heavy (non-hydrogen) atoms. The molecule has 1 heterocycles. The van der Waals surface area contributed by atoms with Crippen molar-refractivity contribution >= 4 is 17.7 Å². The second-order valence-corrected chi connectivity index (χ2v) is 8.41. The smallest absolute Gasteiger partial charge is 0.219 e. The van der Waals surface area contributed by atoms with E-state index >= 15 is 0 Å². The molecule has 1 N–H and O–H groups in total. The van der Waals surface area contributed by atoms with Gasteiger partial charge in [-0.05, 0) is 38.3 Å². The zero-order valence-electron chi connectivity index (χ0n) is 17.8. The minimum Gasteiger partial charge on any atom is -0.356 e. The zero-order chi connectivity index (χ0) is 21.2. The van der Waals surface area contributed by atoms with Crippen LogP contribution in [0.5, 0.6) is 0 Å². The van der Waals surface area contributed by atoms with Crippen molar-refractivity contribution in [3.8, 4) is 17.1 Å². The third kappa shape index (κ3) is 6.20. The second kappa shape index (κ2) is 11.6. The van der Waals surface area contributed by atoms with Crippen molar-refractivity contribution in [3.63, 3.8) is 0 Å². The Bertz CT molecular complexity index is 922. The van der Waals surface area contributed by atoms with Crippen molar-refractivity contribution in [3.05, 3.63) is 60.2 Å². The van der Waals surface area contributed by atoms with Crippen molar-refractivity contribution in [2.24, 2.45) is 0 Å². The largest absolute Gasteiger partial charge is 0.356 e. The number of amides is 1. The Kier molecular flexibility index (Phi) is 8.51. The molecule has 2 aromatic carbocycles. The van der Waals surface area contributed by atoms with Gasteiger partial charge in [-0.15, -0.1) is 10.2 Å². The Morgan fingerprint density at radius 3 is 2.50 bits per heavy atom. The van der Waals surface area contributed by atoms with Crippen molar-refractivity contribution < 1.29 is 4.79 Å². The summed E-state index contributed by atoms with van der Waals surface area (Å²) < 4.78 is 2.12. The fourth-order valence-corrected chi connectivity index (χ4v) is 4.06. The van der Waals surface area contributed by atoms with Gasteiger partial charge >= 0.3 is 0 Å². The lowest BCUT2D eigenvalue weighted by molar-refractivity contribution is -0.121. The monoisotopic (exact) mass is 422 g/mol. The predicted octanol–water partition coefficient (Wildman–Crippen LogP) is 5.42. The molecular weight excluding hydrogens is 392 g/mol. The molecule has 1 amide bonds. The molecule has 3 aromatic rings. The first-order chi connectivity index (χ1) is 14.7. The summed E-state index contributed by atoms with van der Waals surface area (Å²) in [5.41, 5.74) is 3.32. The summed E-state index contributed by atoms with van der Waals surface area (Å²) in [6, 6.07) is 18.6. The van der Waals surface area contributed by atoms with Gasteiger partial charge in [0.05, 0.1) is 0 Å². The molecule has 1 aromatic heterocycles. The van der Waals surface area contributed by atoms with Gasteiger partial charge in [-0.3, -0.25) is 9.36 Å². The Labute approximate surface area is 183 Å². The van der Waals surface area contributed by atoms with E-state index in [2.05, 4.69) is 70.3 Å². The van der Waals surface area contributed by atoms with Gasteiger partial charge in [0.1, 0.15) is 0 Å². The molecule has 0 aliphatic carbocycles. The molecule has 0 bridgehead atoms. The molecule has 5 nitrogen and oxygen atoms in total. The van der Waals surface area contributed by atoms with Crippen LogP contribution in [0.25, 0.3) is 17.1 Å². The molecule has 3 rings (SSSR count). The predicted molar refractivity (Wildman–Crippen MR) is 124 cm³/mol. The number of aryl methyl sites for hydroxylation is 1. The molecular formula is C24H30N4OS. The van der Waals surface area contributed by atoms with Gasteiger partial charge in [0.2, 0.25) is 5.91 Å². The maximum Gasteiger partial charge on any atom is 0.219 e. The zero-order valence-corrected chi connectivity index (χ0v) is 18.6. The van der Waals surface area contributed by atoms with Crippen molar-refractivity contribution in [1.82, 2.24) is 20.1 Å². The van der Waals surface area contributed by atoms with Crippen LogP contribution >= 0.6 is 11.8 Å². The lowest BCUT2D eigenvalue weighted by Crippen LogP contribution is -2.23. The minimum absolute atomic E-state index is 0.155. The molecule has 0 aliphatic rings.